The Morgan fingerprint density at radius 1 is 1.38 bits per heavy atom. The van der Waals surface area contributed by atoms with Gasteiger partial charge >= 0.3 is 5.97 Å². The zero-order valence-electron chi connectivity index (χ0n) is 11.6. The maximum atomic E-state index is 13.2. The van der Waals surface area contributed by atoms with Crippen LogP contribution in [0.15, 0.2) is 42.6 Å². The third-order valence-corrected chi connectivity index (χ3v) is 3.06. The molecule has 0 amide bonds. The highest BCUT2D eigenvalue weighted by Crippen LogP contribution is 2.28. The molecule has 0 radical (unpaired) electrons. The summed E-state index contributed by atoms with van der Waals surface area (Å²) in [5.41, 5.74) is 0.964. The number of carboxylic acids is 1. The number of nitrogens with zero attached hydrogens (tertiary/aromatic N) is 1. The van der Waals surface area contributed by atoms with Crippen LogP contribution < -0.4 is 4.74 Å². The largest absolute Gasteiger partial charge is 0.492 e. The summed E-state index contributed by atoms with van der Waals surface area (Å²) in [5.74, 6) is -1.83. The molecular weight excluding hydrogens is 273 g/mol. The van der Waals surface area contributed by atoms with Crippen molar-refractivity contribution in [2.75, 3.05) is 6.61 Å². The van der Waals surface area contributed by atoms with Crippen molar-refractivity contribution in [3.8, 4) is 5.75 Å². The van der Waals surface area contributed by atoms with Crippen molar-refractivity contribution in [1.82, 2.24) is 4.98 Å². The van der Waals surface area contributed by atoms with Crippen LogP contribution in [0.1, 0.15) is 24.1 Å². The second-order valence-electron chi connectivity index (χ2n) is 4.54. The molecule has 1 aromatic heterocycles. The molecule has 0 aliphatic heterocycles. The normalized spacial score (nSPS) is 11.9. The molecule has 1 aromatic carbocycles. The second-order valence-corrected chi connectivity index (χ2v) is 4.54. The summed E-state index contributed by atoms with van der Waals surface area (Å²) in [7, 11) is 0. The van der Waals surface area contributed by atoms with Crippen molar-refractivity contribution in [1.29, 1.82) is 0 Å². The summed E-state index contributed by atoms with van der Waals surface area (Å²) in [5, 5.41) is 9.46. The quantitative estimate of drug-likeness (QED) is 0.888. The molecule has 0 saturated heterocycles. The molecule has 0 aliphatic rings. The van der Waals surface area contributed by atoms with E-state index in [1.807, 2.05) is 6.92 Å². The Morgan fingerprint density at radius 3 is 2.86 bits per heavy atom. The first-order chi connectivity index (χ1) is 10.1. The molecule has 4 nitrogen and oxygen atoms in total. The summed E-state index contributed by atoms with van der Waals surface area (Å²) < 4.78 is 18.7. The van der Waals surface area contributed by atoms with Gasteiger partial charge < -0.3 is 9.84 Å². The van der Waals surface area contributed by atoms with Gasteiger partial charge in [-0.25, -0.2) is 4.39 Å². The van der Waals surface area contributed by atoms with E-state index < -0.39 is 11.9 Å². The fraction of sp³-hybridized carbons (Fsp3) is 0.250. The van der Waals surface area contributed by atoms with Crippen LogP contribution in [-0.4, -0.2) is 22.7 Å². The van der Waals surface area contributed by atoms with Gasteiger partial charge in [-0.05, 0) is 43.2 Å². The number of aliphatic carboxylic acids is 1. The standard InChI is InChI=1S/C16H16FNO3/c1-2-21-14-7-4-8-18-15(14)13(16(19)20)10-11-5-3-6-12(17)9-11/h3-9,13H,2,10H2,1H3,(H,19,20). The van der Waals surface area contributed by atoms with Crippen molar-refractivity contribution in [2.24, 2.45) is 0 Å². The van der Waals surface area contributed by atoms with Gasteiger partial charge in [0, 0.05) is 6.20 Å². The summed E-state index contributed by atoms with van der Waals surface area (Å²) in [6.45, 7) is 2.24. The molecule has 1 atom stereocenters. The third-order valence-electron chi connectivity index (χ3n) is 3.06. The fourth-order valence-electron chi connectivity index (χ4n) is 2.14. The van der Waals surface area contributed by atoms with E-state index in [0.717, 1.165) is 0 Å². The number of hydrogen-bond donors (Lipinski definition) is 1. The van der Waals surface area contributed by atoms with Crippen LogP contribution in [0.2, 0.25) is 0 Å². The zero-order valence-corrected chi connectivity index (χ0v) is 11.6. The molecule has 0 spiro atoms. The maximum Gasteiger partial charge on any atom is 0.313 e. The van der Waals surface area contributed by atoms with Gasteiger partial charge in [0.25, 0.3) is 0 Å². The minimum atomic E-state index is -1.01. The molecule has 0 saturated carbocycles. The second kappa shape index (κ2) is 6.83. The van der Waals surface area contributed by atoms with Crippen molar-refractivity contribution >= 4 is 5.97 Å². The first kappa shape index (κ1) is 15.0. The monoisotopic (exact) mass is 289 g/mol. The molecular formula is C16H16FNO3. The van der Waals surface area contributed by atoms with Crippen LogP contribution in [0.3, 0.4) is 0 Å². The number of pyridine rings is 1. The number of ether oxygens (including phenoxy) is 1. The lowest BCUT2D eigenvalue weighted by Gasteiger charge is -2.15. The van der Waals surface area contributed by atoms with Gasteiger partial charge in [-0.1, -0.05) is 12.1 Å². The van der Waals surface area contributed by atoms with Gasteiger partial charge in [0.05, 0.1) is 12.3 Å². The van der Waals surface area contributed by atoms with Crippen LogP contribution >= 0.6 is 0 Å². The smallest absolute Gasteiger partial charge is 0.313 e. The predicted octanol–water partition coefficient (Wildman–Crippen LogP) is 3.03. The zero-order chi connectivity index (χ0) is 15.2. The SMILES string of the molecule is CCOc1cccnc1C(Cc1cccc(F)c1)C(=O)O. The van der Waals surface area contributed by atoms with Crippen molar-refractivity contribution in [2.45, 2.75) is 19.3 Å². The molecule has 5 heteroatoms. The molecule has 2 aromatic rings. The van der Waals surface area contributed by atoms with Gasteiger partial charge in [-0.3, -0.25) is 9.78 Å². The Balaban J connectivity index is 2.33. The number of aromatic nitrogens is 1. The lowest BCUT2D eigenvalue weighted by molar-refractivity contribution is -0.138. The van der Waals surface area contributed by atoms with E-state index in [0.29, 0.717) is 23.6 Å². The average molecular weight is 289 g/mol. The molecule has 0 bridgehead atoms. The molecule has 1 heterocycles. The van der Waals surface area contributed by atoms with Crippen LogP contribution in [-0.2, 0) is 11.2 Å². The molecule has 0 fully saturated rings. The maximum absolute atomic E-state index is 13.2. The van der Waals surface area contributed by atoms with E-state index in [4.69, 9.17) is 4.74 Å². The number of carbonyl (C=O) groups is 1. The number of hydrogen-bond acceptors (Lipinski definition) is 3. The van der Waals surface area contributed by atoms with E-state index in [9.17, 15) is 14.3 Å². The van der Waals surface area contributed by atoms with E-state index in [1.165, 1.54) is 18.3 Å². The van der Waals surface area contributed by atoms with Crippen LogP contribution in [0, 0.1) is 5.82 Å². The van der Waals surface area contributed by atoms with Gasteiger partial charge in [-0.2, -0.15) is 0 Å². The Labute approximate surface area is 122 Å². The molecule has 1 unspecified atom stereocenters. The third kappa shape index (κ3) is 3.78. The topological polar surface area (TPSA) is 59.4 Å². The van der Waals surface area contributed by atoms with Gasteiger partial charge in [0.1, 0.15) is 17.5 Å². The summed E-state index contributed by atoms with van der Waals surface area (Å²) in [6, 6.07) is 9.29. The first-order valence-electron chi connectivity index (χ1n) is 6.66. The number of benzene rings is 1. The number of carboxylic acid groups (broad SMARTS) is 1. The Kier molecular flexibility index (Phi) is 4.87. The Morgan fingerprint density at radius 2 is 2.19 bits per heavy atom. The van der Waals surface area contributed by atoms with E-state index in [2.05, 4.69) is 4.98 Å². The Bertz CT molecular complexity index is 630. The summed E-state index contributed by atoms with van der Waals surface area (Å²) in [6.07, 6.45) is 1.68. The van der Waals surface area contributed by atoms with Crippen molar-refractivity contribution in [3.63, 3.8) is 0 Å². The Hall–Kier alpha value is -2.43. The van der Waals surface area contributed by atoms with E-state index >= 15 is 0 Å². The van der Waals surface area contributed by atoms with Crippen molar-refractivity contribution < 1.29 is 19.0 Å². The van der Waals surface area contributed by atoms with Gasteiger partial charge in [-0.15, -0.1) is 0 Å². The summed E-state index contributed by atoms with van der Waals surface area (Å²) >= 11 is 0. The van der Waals surface area contributed by atoms with E-state index in [1.54, 1.807) is 24.3 Å². The molecule has 110 valence electrons. The predicted molar refractivity (Wildman–Crippen MR) is 75.9 cm³/mol. The van der Waals surface area contributed by atoms with Crippen LogP contribution in [0.5, 0.6) is 5.75 Å². The van der Waals surface area contributed by atoms with Gasteiger partial charge in [0.2, 0.25) is 0 Å². The van der Waals surface area contributed by atoms with Gasteiger partial charge in [0.15, 0.2) is 0 Å². The molecule has 2 rings (SSSR count). The molecule has 21 heavy (non-hydrogen) atoms. The number of halogens is 1. The highest BCUT2D eigenvalue weighted by Gasteiger charge is 2.25. The van der Waals surface area contributed by atoms with Crippen molar-refractivity contribution in [3.05, 3.63) is 59.7 Å². The first-order valence-corrected chi connectivity index (χ1v) is 6.66. The highest BCUT2D eigenvalue weighted by molar-refractivity contribution is 5.76. The van der Waals surface area contributed by atoms with E-state index in [-0.39, 0.29) is 12.2 Å². The number of rotatable bonds is 6. The van der Waals surface area contributed by atoms with Crippen LogP contribution in [0.25, 0.3) is 0 Å². The fourth-order valence-corrected chi connectivity index (χ4v) is 2.14. The molecule has 1 N–H and O–H groups in total. The lowest BCUT2D eigenvalue weighted by atomic mass is 9.95. The lowest BCUT2D eigenvalue weighted by Crippen LogP contribution is -2.17. The molecule has 0 aliphatic carbocycles. The minimum absolute atomic E-state index is 0.157. The minimum Gasteiger partial charge on any atom is -0.492 e. The van der Waals surface area contributed by atoms with Crippen LogP contribution in [0.4, 0.5) is 4.39 Å². The summed E-state index contributed by atoms with van der Waals surface area (Å²) in [4.78, 5) is 15.7. The average Bonchev–Trinajstić information content (AvgIpc) is 2.46. The highest BCUT2D eigenvalue weighted by atomic mass is 19.1.